The van der Waals surface area contributed by atoms with E-state index in [9.17, 15) is 0 Å². The lowest BCUT2D eigenvalue weighted by Gasteiger charge is -2.07. The largest absolute Gasteiger partial charge is 0.384 e. The molecule has 0 spiro atoms. The highest BCUT2D eigenvalue weighted by molar-refractivity contribution is 7.98. The first kappa shape index (κ1) is 7.99. The van der Waals surface area contributed by atoms with Gasteiger partial charge in [-0.25, -0.2) is 0 Å². The third-order valence-corrected chi connectivity index (χ3v) is 3.17. The minimum Gasteiger partial charge on any atom is -0.384 e. The van der Waals surface area contributed by atoms with E-state index in [1.807, 2.05) is 11.8 Å². The Morgan fingerprint density at radius 3 is 3.08 bits per heavy atom. The van der Waals surface area contributed by atoms with E-state index < -0.39 is 0 Å². The van der Waals surface area contributed by atoms with Crippen LogP contribution in [0.4, 0.5) is 5.69 Å². The lowest BCUT2D eigenvalue weighted by molar-refractivity contribution is 0.837. The maximum Gasteiger partial charge on any atom is 0.0387 e. The van der Waals surface area contributed by atoms with Crippen LogP contribution in [0.1, 0.15) is 18.4 Å². The van der Waals surface area contributed by atoms with Crippen LogP contribution in [-0.4, -0.2) is 12.8 Å². The molecule has 1 aromatic rings. The third kappa shape index (κ3) is 1.11. The molecule has 0 saturated carbocycles. The molecule has 0 radical (unpaired) electrons. The van der Waals surface area contributed by atoms with Crippen LogP contribution in [0.25, 0.3) is 0 Å². The van der Waals surface area contributed by atoms with Crippen LogP contribution in [0.2, 0.25) is 0 Å². The van der Waals surface area contributed by atoms with E-state index in [1.165, 1.54) is 16.1 Å². The first-order valence-corrected chi connectivity index (χ1v) is 5.46. The van der Waals surface area contributed by atoms with Crippen molar-refractivity contribution in [2.45, 2.75) is 17.7 Å². The van der Waals surface area contributed by atoms with E-state index in [0.29, 0.717) is 5.92 Å². The van der Waals surface area contributed by atoms with E-state index in [2.05, 4.69) is 36.7 Å². The molecule has 12 heavy (non-hydrogen) atoms. The highest BCUT2D eigenvalue weighted by atomic mass is 32.2. The van der Waals surface area contributed by atoms with E-state index in [4.69, 9.17) is 0 Å². The molecule has 64 valence electrons. The predicted octanol–water partition coefficient (Wildman–Crippen LogP) is 2.94. The van der Waals surface area contributed by atoms with Crippen molar-refractivity contribution in [1.82, 2.24) is 0 Å². The van der Waals surface area contributed by atoms with Gasteiger partial charge in [-0.05, 0) is 24.0 Å². The van der Waals surface area contributed by atoms with Gasteiger partial charge in [0.2, 0.25) is 0 Å². The van der Waals surface area contributed by atoms with Crippen LogP contribution in [0.5, 0.6) is 0 Å². The molecule has 1 aliphatic rings. The lowest BCUT2D eigenvalue weighted by atomic mass is 10.0. The molecule has 1 unspecified atom stereocenters. The van der Waals surface area contributed by atoms with Crippen LogP contribution in [0, 0.1) is 0 Å². The molecule has 2 rings (SSSR count). The molecule has 1 aliphatic heterocycles. The second-order valence-electron chi connectivity index (χ2n) is 3.20. The molecule has 1 nitrogen and oxygen atoms in total. The number of thioether (sulfide) groups is 1. The fourth-order valence-electron chi connectivity index (χ4n) is 1.75. The first-order chi connectivity index (χ1) is 5.83. The number of hydrogen-bond donors (Lipinski definition) is 1. The molecule has 1 heterocycles. The van der Waals surface area contributed by atoms with E-state index in [-0.39, 0.29) is 0 Å². The molecule has 0 bridgehead atoms. The Morgan fingerprint density at radius 2 is 2.33 bits per heavy atom. The molecular weight excluding hydrogens is 166 g/mol. The fraction of sp³-hybridized carbons (Fsp3) is 0.400. The van der Waals surface area contributed by atoms with Crippen molar-refractivity contribution in [3.05, 3.63) is 23.8 Å². The summed E-state index contributed by atoms with van der Waals surface area (Å²) in [6, 6.07) is 6.49. The maximum absolute atomic E-state index is 3.41. The van der Waals surface area contributed by atoms with Crippen LogP contribution in [0.3, 0.4) is 0 Å². The average Bonchev–Trinajstić information content (AvgIpc) is 2.48. The Hall–Kier alpha value is -0.630. The standard InChI is InChI=1S/C10H13NS/c1-7-6-11-8-4-3-5-9(12-2)10(7)8/h3-5,7,11H,6H2,1-2H3. The van der Waals surface area contributed by atoms with Gasteiger partial charge in [-0.15, -0.1) is 11.8 Å². The van der Waals surface area contributed by atoms with Gasteiger partial charge in [-0.1, -0.05) is 13.0 Å². The molecule has 0 aromatic heterocycles. The molecule has 1 aromatic carbocycles. The summed E-state index contributed by atoms with van der Waals surface area (Å²) in [4.78, 5) is 1.42. The van der Waals surface area contributed by atoms with Gasteiger partial charge in [0.1, 0.15) is 0 Å². The van der Waals surface area contributed by atoms with Crippen LogP contribution in [-0.2, 0) is 0 Å². The number of nitrogens with one attached hydrogen (secondary N) is 1. The summed E-state index contributed by atoms with van der Waals surface area (Å²) in [5.74, 6) is 0.670. The molecular formula is C10H13NS. The van der Waals surface area contributed by atoms with E-state index in [0.717, 1.165) is 6.54 Å². The maximum atomic E-state index is 3.41. The van der Waals surface area contributed by atoms with Gasteiger partial charge in [-0.2, -0.15) is 0 Å². The van der Waals surface area contributed by atoms with Gasteiger partial charge in [0, 0.05) is 23.0 Å². The van der Waals surface area contributed by atoms with Crippen LogP contribution < -0.4 is 5.32 Å². The van der Waals surface area contributed by atoms with Crippen molar-refractivity contribution in [2.24, 2.45) is 0 Å². The average molecular weight is 179 g/mol. The van der Waals surface area contributed by atoms with Crippen molar-refractivity contribution < 1.29 is 0 Å². The molecule has 0 saturated heterocycles. The molecule has 0 amide bonds. The SMILES string of the molecule is CSc1cccc2c1C(C)CN2. The van der Waals surface area contributed by atoms with Gasteiger partial charge in [0.15, 0.2) is 0 Å². The minimum atomic E-state index is 0.670. The summed E-state index contributed by atoms with van der Waals surface area (Å²) in [7, 11) is 0. The van der Waals surface area contributed by atoms with E-state index in [1.54, 1.807) is 0 Å². The van der Waals surface area contributed by atoms with Gasteiger partial charge in [0.25, 0.3) is 0 Å². The predicted molar refractivity (Wildman–Crippen MR) is 55.1 cm³/mol. The lowest BCUT2D eigenvalue weighted by Crippen LogP contribution is -1.96. The quantitative estimate of drug-likeness (QED) is 0.665. The van der Waals surface area contributed by atoms with Crippen molar-refractivity contribution >= 4 is 17.4 Å². The van der Waals surface area contributed by atoms with Crippen molar-refractivity contribution in [3.8, 4) is 0 Å². The minimum absolute atomic E-state index is 0.670. The van der Waals surface area contributed by atoms with E-state index >= 15 is 0 Å². The smallest absolute Gasteiger partial charge is 0.0387 e. The third-order valence-electron chi connectivity index (χ3n) is 2.38. The Morgan fingerprint density at radius 1 is 1.50 bits per heavy atom. The Bertz CT molecular complexity index is 296. The molecule has 0 fully saturated rings. The normalized spacial score (nSPS) is 20.3. The first-order valence-electron chi connectivity index (χ1n) is 4.23. The number of fused-ring (bicyclic) bond motifs is 1. The summed E-state index contributed by atoms with van der Waals surface area (Å²) in [5, 5.41) is 3.41. The number of benzene rings is 1. The fourth-order valence-corrected chi connectivity index (χ4v) is 2.50. The second-order valence-corrected chi connectivity index (χ2v) is 4.05. The summed E-state index contributed by atoms with van der Waals surface area (Å²) < 4.78 is 0. The van der Waals surface area contributed by atoms with Gasteiger partial charge < -0.3 is 5.32 Å². The van der Waals surface area contributed by atoms with Gasteiger partial charge in [0.05, 0.1) is 0 Å². The van der Waals surface area contributed by atoms with Gasteiger partial charge in [-0.3, -0.25) is 0 Å². The molecule has 1 atom stereocenters. The topological polar surface area (TPSA) is 12.0 Å². The van der Waals surface area contributed by atoms with Crippen molar-refractivity contribution in [1.29, 1.82) is 0 Å². The Kier molecular flexibility index (Phi) is 2.01. The Labute approximate surface area is 77.6 Å². The number of rotatable bonds is 1. The number of hydrogen-bond acceptors (Lipinski definition) is 2. The van der Waals surface area contributed by atoms with Crippen molar-refractivity contribution in [2.75, 3.05) is 18.1 Å². The monoisotopic (exact) mass is 179 g/mol. The van der Waals surface area contributed by atoms with Gasteiger partial charge >= 0.3 is 0 Å². The Balaban J connectivity index is 2.53. The molecule has 0 aliphatic carbocycles. The highest BCUT2D eigenvalue weighted by Gasteiger charge is 2.20. The second kappa shape index (κ2) is 3.02. The van der Waals surface area contributed by atoms with Crippen LogP contribution in [0.15, 0.2) is 23.1 Å². The molecule has 1 N–H and O–H groups in total. The van der Waals surface area contributed by atoms with Crippen LogP contribution >= 0.6 is 11.8 Å². The zero-order valence-electron chi connectivity index (χ0n) is 7.42. The molecule has 2 heteroatoms. The number of anilines is 1. The zero-order chi connectivity index (χ0) is 8.55. The van der Waals surface area contributed by atoms with Crippen molar-refractivity contribution in [3.63, 3.8) is 0 Å². The highest BCUT2D eigenvalue weighted by Crippen LogP contribution is 2.37. The summed E-state index contributed by atoms with van der Waals surface area (Å²) >= 11 is 1.84. The summed E-state index contributed by atoms with van der Waals surface area (Å²) in [6.07, 6.45) is 2.14. The summed E-state index contributed by atoms with van der Waals surface area (Å²) in [6.45, 7) is 3.37. The zero-order valence-corrected chi connectivity index (χ0v) is 8.24. The summed E-state index contributed by atoms with van der Waals surface area (Å²) in [5.41, 5.74) is 2.83.